The van der Waals surface area contributed by atoms with E-state index in [0.29, 0.717) is 56.1 Å². The van der Waals surface area contributed by atoms with E-state index in [2.05, 4.69) is 10.6 Å². The van der Waals surface area contributed by atoms with Crippen molar-refractivity contribution in [2.45, 2.75) is 129 Å². The van der Waals surface area contributed by atoms with E-state index in [1.54, 1.807) is 24.3 Å². The number of para-hydroxylation sites is 2. The largest absolute Gasteiger partial charge is 2.00 e. The van der Waals surface area contributed by atoms with Crippen LogP contribution < -0.4 is 20.8 Å². The van der Waals surface area contributed by atoms with E-state index < -0.39 is 60.8 Å². The minimum absolute atomic E-state index is 0. The summed E-state index contributed by atoms with van der Waals surface area (Å²) < 4.78 is 32.1. The van der Waals surface area contributed by atoms with Gasteiger partial charge in [-0.05, 0) is 146 Å². The van der Waals surface area contributed by atoms with E-state index in [4.69, 9.17) is 0 Å². The molecule has 0 unspecified atom stereocenters. The van der Waals surface area contributed by atoms with Crippen molar-refractivity contribution in [3.05, 3.63) is 203 Å². The number of carboxylic acids is 2. The van der Waals surface area contributed by atoms with Gasteiger partial charge < -0.3 is 60.0 Å². The second-order valence-electron chi connectivity index (χ2n) is 21.8. The van der Waals surface area contributed by atoms with Gasteiger partial charge in [-0.15, -0.1) is 0 Å². The summed E-state index contributed by atoms with van der Waals surface area (Å²) in [5, 5.41) is 69.4. The van der Waals surface area contributed by atoms with Gasteiger partial charge in [-0.3, -0.25) is 9.59 Å². The van der Waals surface area contributed by atoms with E-state index in [9.17, 15) is 58.6 Å². The van der Waals surface area contributed by atoms with Crippen LogP contribution in [0.25, 0.3) is 44.8 Å². The average molecular weight is 1180 g/mol. The number of halogens is 2. The Morgan fingerprint density at radius 2 is 0.765 bits per heavy atom. The Morgan fingerprint density at radius 1 is 0.459 bits per heavy atom. The molecule has 0 spiro atoms. The van der Waals surface area contributed by atoms with E-state index in [-0.39, 0.29) is 100 Å². The van der Waals surface area contributed by atoms with Crippen molar-refractivity contribution in [2.75, 3.05) is 10.6 Å². The fourth-order valence-corrected chi connectivity index (χ4v) is 10.6. The molecule has 4 atom stereocenters. The van der Waals surface area contributed by atoms with Crippen molar-refractivity contribution in [2.24, 2.45) is 0 Å². The van der Waals surface area contributed by atoms with Crippen LogP contribution in [0.4, 0.5) is 20.2 Å². The van der Waals surface area contributed by atoms with Crippen LogP contribution in [0.2, 0.25) is 0 Å². The van der Waals surface area contributed by atoms with Gasteiger partial charge in [0.2, 0.25) is 0 Å². The van der Waals surface area contributed by atoms with Crippen LogP contribution in [-0.2, 0) is 22.7 Å². The SMILES string of the molecule is Cc1ccc(-c2c(C(=O)Nc3ccccc3)c(C(C)C)n(CC[C@@H](O)C[C@@H](O)CC(=O)[O-])c2-c2ccc(F)cc2)cc1.Cc1ccc(-c2c(C(=O)Nc3ccccc3)c(C(C)C)n(CC[C@@H](O)C[C@@H](O)CC(=O)[O-])c2-c2ccc(F)cc2)cc1.[Ca+2]. The number of aliphatic hydroxyl groups is 4. The van der Waals surface area contributed by atoms with Crippen molar-refractivity contribution in [3.8, 4) is 44.8 Å². The molecule has 0 aliphatic heterocycles. The first-order valence-electron chi connectivity index (χ1n) is 28.1. The minimum atomic E-state index is -1.39. The number of nitrogens with zero attached hydrogens (tertiary/aromatic N) is 2. The van der Waals surface area contributed by atoms with Crippen molar-refractivity contribution in [1.29, 1.82) is 0 Å². The monoisotopic (exact) mass is 1180 g/mol. The molecule has 0 saturated carbocycles. The number of carboxylic acid groups (broad SMARTS) is 2. The van der Waals surface area contributed by atoms with Crippen LogP contribution in [0.5, 0.6) is 0 Å². The van der Waals surface area contributed by atoms with Crippen molar-refractivity contribution in [1.82, 2.24) is 9.13 Å². The van der Waals surface area contributed by atoms with Crippen molar-refractivity contribution in [3.63, 3.8) is 0 Å². The van der Waals surface area contributed by atoms with Gasteiger partial charge in [0.05, 0.1) is 46.9 Å². The predicted octanol–water partition coefficient (Wildman–Crippen LogP) is 10.2. The topological polar surface area (TPSA) is 229 Å². The maximum atomic E-state index is 14.1. The number of aryl methyl sites for hydroxylation is 2. The number of rotatable bonds is 24. The van der Waals surface area contributed by atoms with Crippen LogP contribution in [0, 0.1) is 25.5 Å². The average Bonchev–Trinajstić information content (AvgIpc) is 2.09. The Morgan fingerprint density at radius 3 is 1.06 bits per heavy atom. The third-order valence-electron chi connectivity index (χ3n) is 14.4. The number of carbonyl (C=O) groups is 4. The first-order valence-corrected chi connectivity index (χ1v) is 28.1. The minimum Gasteiger partial charge on any atom is -0.550 e. The predicted molar refractivity (Wildman–Crippen MR) is 324 cm³/mol. The zero-order valence-corrected chi connectivity index (χ0v) is 50.9. The molecule has 0 fully saturated rings. The summed E-state index contributed by atoms with van der Waals surface area (Å²) in [4.78, 5) is 50.0. The van der Waals surface area contributed by atoms with E-state index in [0.717, 1.165) is 33.6 Å². The molecule has 440 valence electrons. The molecule has 0 saturated heterocycles. The zero-order chi connectivity index (χ0) is 60.8. The maximum Gasteiger partial charge on any atom is 2.00 e. The van der Waals surface area contributed by atoms with Gasteiger partial charge in [0.15, 0.2) is 0 Å². The summed E-state index contributed by atoms with van der Waals surface area (Å²) in [6.45, 7) is 12.4. The van der Waals surface area contributed by atoms with Crippen LogP contribution in [0.15, 0.2) is 158 Å². The van der Waals surface area contributed by atoms with Gasteiger partial charge in [-0.2, -0.15) is 0 Å². The number of carbonyl (C=O) groups excluding carboxylic acids is 4. The summed E-state index contributed by atoms with van der Waals surface area (Å²) in [5.74, 6) is -4.41. The second-order valence-corrected chi connectivity index (χ2v) is 21.8. The standard InChI is InChI=1S/2C34H37FN2O5.Ca/c2*1-21(2)32-31(34(42)36-26-7-5-4-6-8-26)30(23-11-9-22(3)10-12-23)33(24-13-15-25(35)16-14-24)37(32)18-17-27(38)19-28(39)20-29(40)41;/h2*4-16,21,27-28,38-39H,17-20H2,1-3H3,(H,36,42)(H,40,41);/q;;+2/p-2/t2*27-,28-;/m11./s1. The molecule has 6 aromatic carbocycles. The molecule has 8 aromatic rings. The summed E-state index contributed by atoms with van der Waals surface area (Å²) in [5.41, 5.74) is 11.6. The zero-order valence-electron chi connectivity index (χ0n) is 48.7. The molecule has 0 bridgehead atoms. The number of anilines is 2. The van der Waals surface area contributed by atoms with Crippen molar-refractivity contribution >= 4 is 72.9 Å². The van der Waals surface area contributed by atoms with Gasteiger partial charge in [0.1, 0.15) is 11.6 Å². The molecule has 85 heavy (non-hydrogen) atoms. The van der Waals surface area contributed by atoms with Gasteiger partial charge in [-0.25, -0.2) is 8.78 Å². The second kappa shape index (κ2) is 31.2. The third-order valence-corrected chi connectivity index (χ3v) is 14.4. The van der Waals surface area contributed by atoms with E-state index in [1.165, 1.54) is 24.3 Å². The maximum absolute atomic E-state index is 14.1. The van der Waals surface area contributed by atoms with Crippen LogP contribution >= 0.6 is 0 Å². The number of benzene rings is 6. The van der Waals surface area contributed by atoms with E-state index >= 15 is 0 Å². The van der Waals surface area contributed by atoms with Gasteiger partial charge in [0.25, 0.3) is 11.8 Å². The fraction of sp³-hybridized carbons (Fsp3) is 0.294. The number of hydrogen-bond acceptors (Lipinski definition) is 10. The molecule has 2 heterocycles. The third kappa shape index (κ3) is 17.9. The summed E-state index contributed by atoms with van der Waals surface area (Å²) in [7, 11) is 0. The Bertz CT molecular complexity index is 3270. The Labute approximate surface area is 524 Å². The Balaban J connectivity index is 0.000000269. The molecule has 17 heteroatoms. The molecule has 0 aliphatic carbocycles. The fourth-order valence-electron chi connectivity index (χ4n) is 10.6. The molecular weight excluding hydrogens is 1110 g/mol. The summed E-state index contributed by atoms with van der Waals surface area (Å²) in [6.07, 6.45) is -5.55. The quantitative estimate of drug-likeness (QED) is 0.0314. The van der Waals surface area contributed by atoms with Crippen molar-refractivity contribution < 1.29 is 58.6 Å². The Kier molecular flexibility index (Phi) is 24.5. The molecule has 2 aromatic heterocycles. The van der Waals surface area contributed by atoms with Crippen LogP contribution in [-0.4, -0.2) is 115 Å². The number of nitrogens with one attached hydrogen (secondary N) is 2. The normalized spacial score (nSPS) is 12.6. The van der Waals surface area contributed by atoms with Gasteiger partial charge in [-0.1, -0.05) is 124 Å². The van der Waals surface area contributed by atoms with Gasteiger partial charge in [0, 0.05) is 71.8 Å². The Hall–Kier alpha value is -7.28. The summed E-state index contributed by atoms with van der Waals surface area (Å²) >= 11 is 0. The molecule has 0 aliphatic rings. The molecule has 0 radical (unpaired) electrons. The van der Waals surface area contributed by atoms with Crippen LogP contribution in [0.3, 0.4) is 0 Å². The number of hydrogen-bond donors (Lipinski definition) is 6. The first kappa shape index (κ1) is 66.9. The number of aromatic nitrogens is 2. The van der Waals surface area contributed by atoms with E-state index in [1.807, 2.05) is 160 Å². The van der Waals surface area contributed by atoms with Gasteiger partial charge >= 0.3 is 37.7 Å². The number of aliphatic hydroxyl groups excluding tert-OH is 4. The first-order chi connectivity index (χ1) is 40.1. The molecule has 2 amide bonds. The number of aliphatic carboxylic acids is 2. The molecular formula is C68H72CaF2N4O10. The molecule has 6 N–H and O–H groups in total. The van der Waals surface area contributed by atoms with Crippen LogP contribution in [0.1, 0.15) is 121 Å². The number of amides is 2. The molecule has 14 nitrogen and oxygen atoms in total. The molecule has 8 rings (SSSR count). The smallest absolute Gasteiger partial charge is 0.550 e. The summed E-state index contributed by atoms with van der Waals surface area (Å²) in [6, 6.07) is 46.2.